The molecule has 1 unspecified atom stereocenters. The van der Waals surface area contributed by atoms with Crippen molar-refractivity contribution in [2.45, 2.75) is 12.5 Å². The van der Waals surface area contributed by atoms with Gasteiger partial charge in [-0.2, -0.15) is 0 Å². The standard InChI is InChI=1S/C19H18ClNO3/c1-3-9-17(24-14-10-5-4-6-11-14)15-12-7-8-13-16(15)18(19(20)22)21-23-2/h3-8,10-13,17H,1,9H2,2H3. The minimum absolute atomic E-state index is 0.0421. The van der Waals surface area contributed by atoms with Crippen molar-refractivity contribution in [3.8, 4) is 5.75 Å². The number of para-hydroxylation sites is 1. The van der Waals surface area contributed by atoms with Crippen molar-refractivity contribution in [3.05, 3.63) is 78.4 Å². The van der Waals surface area contributed by atoms with Gasteiger partial charge in [-0.1, -0.05) is 53.7 Å². The molecule has 24 heavy (non-hydrogen) atoms. The van der Waals surface area contributed by atoms with Gasteiger partial charge in [-0.15, -0.1) is 6.58 Å². The van der Waals surface area contributed by atoms with E-state index in [1.807, 2.05) is 42.5 Å². The van der Waals surface area contributed by atoms with E-state index in [1.165, 1.54) is 7.11 Å². The van der Waals surface area contributed by atoms with E-state index in [-0.39, 0.29) is 11.8 Å². The summed E-state index contributed by atoms with van der Waals surface area (Å²) in [6, 6.07) is 16.8. The Morgan fingerprint density at radius 1 is 1.21 bits per heavy atom. The van der Waals surface area contributed by atoms with Gasteiger partial charge in [0.15, 0.2) is 5.71 Å². The van der Waals surface area contributed by atoms with Crippen molar-refractivity contribution in [2.75, 3.05) is 7.11 Å². The minimum Gasteiger partial charge on any atom is -0.485 e. The van der Waals surface area contributed by atoms with Crippen molar-refractivity contribution in [2.24, 2.45) is 5.16 Å². The van der Waals surface area contributed by atoms with Gasteiger partial charge in [-0.05, 0) is 23.7 Å². The molecular weight excluding hydrogens is 326 g/mol. The molecule has 2 aromatic rings. The Balaban J connectivity index is 2.45. The molecule has 0 spiro atoms. The highest BCUT2D eigenvalue weighted by molar-refractivity contribution is 6.84. The van der Waals surface area contributed by atoms with Crippen LogP contribution in [0.15, 0.2) is 72.4 Å². The first-order valence-corrected chi connectivity index (χ1v) is 7.78. The Kier molecular flexibility index (Phi) is 6.58. The topological polar surface area (TPSA) is 47.9 Å². The average molecular weight is 344 g/mol. The maximum Gasteiger partial charge on any atom is 0.274 e. The molecule has 5 heteroatoms. The van der Waals surface area contributed by atoms with E-state index in [0.29, 0.717) is 12.0 Å². The van der Waals surface area contributed by atoms with Gasteiger partial charge in [0.05, 0.1) is 0 Å². The molecule has 0 amide bonds. The molecule has 0 radical (unpaired) electrons. The summed E-state index contributed by atoms with van der Waals surface area (Å²) in [4.78, 5) is 16.5. The third kappa shape index (κ3) is 4.46. The molecule has 0 fully saturated rings. The predicted molar refractivity (Wildman–Crippen MR) is 95.5 cm³/mol. The molecule has 1 atom stereocenters. The minimum atomic E-state index is -0.693. The molecule has 0 heterocycles. The summed E-state index contributed by atoms with van der Waals surface area (Å²) in [5, 5.41) is 3.06. The zero-order valence-electron chi connectivity index (χ0n) is 13.3. The van der Waals surface area contributed by atoms with Crippen molar-refractivity contribution in [1.82, 2.24) is 0 Å². The van der Waals surface area contributed by atoms with Crippen LogP contribution in [-0.4, -0.2) is 18.1 Å². The summed E-state index contributed by atoms with van der Waals surface area (Å²) in [6.07, 6.45) is 1.99. The number of carbonyl (C=O) groups excluding carboxylic acids is 1. The van der Waals surface area contributed by atoms with Crippen molar-refractivity contribution in [3.63, 3.8) is 0 Å². The highest BCUT2D eigenvalue weighted by Gasteiger charge is 2.22. The lowest BCUT2D eigenvalue weighted by Crippen LogP contribution is -2.17. The van der Waals surface area contributed by atoms with Crippen LogP contribution < -0.4 is 4.74 Å². The normalized spacial score (nSPS) is 12.3. The first-order chi connectivity index (χ1) is 11.7. The smallest absolute Gasteiger partial charge is 0.274 e. The van der Waals surface area contributed by atoms with Crippen LogP contribution in [0.2, 0.25) is 0 Å². The second kappa shape index (κ2) is 8.89. The third-order valence-corrected chi connectivity index (χ3v) is 3.51. The molecule has 2 aromatic carbocycles. The highest BCUT2D eigenvalue weighted by atomic mass is 35.5. The summed E-state index contributed by atoms with van der Waals surface area (Å²) >= 11 is 5.66. The largest absolute Gasteiger partial charge is 0.485 e. The number of benzene rings is 2. The lowest BCUT2D eigenvalue weighted by molar-refractivity contribution is -0.106. The average Bonchev–Trinajstić information content (AvgIpc) is 2.60. The molecule has 0 aliphatic heterocycles. The molecule has 0 N–H and O–H groups in total. The predicted octanol–water partition coefficient (Wildman–Crippen LogP) is 4.50. The quantitative estimate of drug-likeness (QED) is 0.307. The molecule has 4 nitrogen and oxygen atoms in total. The van der Waals surface area contributed by atoms with Crippen molar-refractivity contribution in [1.29, 1.82) is 0 Å². The Hall–Kier alpha value is -2.59. The van der Waals surface area contributed by atoms with E-state index in [1.54, 1.807) is 18.2 Å². The number of oxime groups is 1. The Labute approximate surface area is 146 Å². The zero-order chi connectivity index (χ0) is 17.4. The SMILES string of the molecule is C=CCC(Oc1ccccc1)c1ccccc1C(=NOC)C(=O)Cl. The van der Waals surface area contributed by atoms with Gasteiger partial charge in [0, 0.05) is 17.5 Å². The van der Waals surface area contributed by atoms with Crippen LogP contribution in [-0.2, 0) is 9.63 Å². The molecule has 0 aromatic heterocycles. The van der Waals surface area contributed by atoms with Gasteiger partial charge in [-0.3, -0.25) is 4.79 Å². The molecule has 0 saturated carbocycles. The molecule has 0 bridgehead atoms. The number of hydrogen-bond acceptors (Lipinski definition) is 4. The number of halogens is 1. The van der Waals surface area contributed by atoms with E-state index in [0.717, 1.165) is 11.3 Å². The zero-order valence-corrected chi connectivity index (χ0v) is 14.1. The lowest BCUT2D eigenvalue weighted by Gasteiger charge is -2.21. The molecule has 2 rings (SSSR count). The Morgan fingerprint density at radius 2 is 1.88 bits per heavy atom. The summed E-state index contributed by atoms with van der Waals surface area (Å²) in [7, 11) is 1.37. The van der Waals surface area contributed by atoms with Gasteiger partial charge in [0.2, 0.25) is 0 Å². The number of carbonyl (C=O) groups is 1. The summed E-state index contributed by atoms with van der Waals surface area (Å²) in [5.41, 5.74) is 1.40. The Morgan fingerprint density at radius 3 is 2.50 bits per heavy atom. The summed E-state index contributed by atoms with van der Waals surface area (Å²) in [6.45, 7) is 3.79. The van der Waals surface area contributed by atoms with Crippen LogP contribution in [0.1, 0.15) is 23.7 Å². The second-order valence-corrected chi connectivity index (χ2v) is 5.27. The van der Waals surface area contributed by atoms with Crippen LogP contribution in [0.5, 0.6) is 5.75 Å². The third-order valence-electron chi connectivity index (χ3n) is 3.33. The van der Waals surface area contributed by atoms with Crippen LogP contribution in [0.25, 0.3) is 0 Å². The molecule has 0 saturated heterocycles. The van der Waals surface area contributed by atoms with E-state index < -0.39 is 5.24 Å². The number of rotatable bonds is 8. The fourth-order valence-corrected chi connectivity index (χ4v) is 2.47. The summed E-state index contributed by atoms with van der Waals surface area (Å²) < 4.78 is 6.07. The van der Waals surface area contributed by atoms with Gasteiger partial charge in [0.1, 0.15) is 19.0 Å². The maximum absolute atomic E-state index is 11.7. The fraction of sp³-hybridized carbons (Fsp3) is 0.158. The van der Waals surface area contributed by atoms with Gasteiger partial charge in [0.25, 0.3) is 5.24 Å². The molecule has 124 valence electrons. The van der Waals surface area contributed by atoms with Crippen LogP contribution >= 0.6 is 11.6 Å². The maximum atomic E-state index is 11.7. The van der Waals surface area contributed by atoms with Gasteiger partial charge < -0.3 is 9.57 Å². The van der Waals surface area contributed by atoms with E-state index in [4.69, 9.17) is 21.2 Å². The molecule has 0 aliphatic carbocycles. The highest BCUT2D eigenvalue weighted by Crippen LogP contribution is 2.28. The lowest BCUT2D eigenvalue weighted by atomic mass is 9.97. The number of hydrogen-bond donors (Lipinski definition) is 0. The van der Waals surface area contributed by atoms with Gasteiger partial charge in [-0.25, -0.2) is 0 Å². The Bertz CT molecular complexity index is 728. The van der Waals surface area contributed by atoms with E-state index in [9.17, 15) is 4.79 Å². The molecule has 0 aliphatic rings. The number of nitrogens with zero attached hydrogens (tertiary/aromatic N) is 1. The second-order valence-electron chi connectivity index (χ2n) is 4.93. The number of ether oxygens (including phenoxy) is 1. The van der Waals surface area contributed by atoms with Crippen LogP contribution in [0.3, 0.4) is 0 Å². The molecular formula is C19H18ClNO3. The van der Waals surface area contributed by atoms with Crippen molar-refractivity contribution < 1.29 is 14.4 Å². The summed E-state index contributed by atoms with van der Waals surface area (Å²) in [5.74, 6) is 0.724. The van der Waals surface area contributed by atoms with E-state index in [2.05, 4.69) is 11.7 Å². The van der Waals surface area contributed by atoms with Crippen LogP contribution in [0.4, 0.5) is 0 Å². The van der Waals surface area contributed by atoms with Crippen LogP contribution in [0, 0.1) is 0 Å². The first-order valence-electron chi connectivity index (χ1n) is 7.40. The van der Waals surface area contributed by atoms with Gasteiger partial charge >= 0.3 is 0 Å². The van der Waals surface area contributed by atoms with Crippen molar-refractivity contribution >= 4 is 22.6 Å². The fourth-order valence-electron chi connectivity index (χ4n) is 2.33. The monoisotopic (exact) mass is 343 g/mol. The van der Waals surface area contributed by atoms with E-state index >= 15 is 0 Å². The first kappa shape index (κ1) is 17.8.